The highest BCUT2D eigenvalue weighted by Crippen LogP contribution is 2.62. The number of thiazole rings is 1. The van der Waals surface area contributed by atoms with E-state index >= 15 is 4.79 Å². The summed E-state index contributed by atoms with van der Waals surface area (Å²) in [5.74, 6) is -0.563. The zero-order valence-corrected chi connectivity index (χ0v) is 36.7. The Morgan fingerprint density at radius 3 is 2.33 bits per heavy atom. The second-order valence-electron chi connectivity index (χ2n) is 17.6. The number of carbonyl (C=O) groups is 2. The number of nitrogens with zero attached hydrogens (tertiary/aromatic N) is 2. The lowest BCUT2D eigenvalue weighted by Crippen LogP contribution is -2.59. The van der Waals surface area contributed by atoms with E-state index in [1.165, 1.54) is 4.88 Å². The van der Waals surface area contributed by atoms with Gasteiger partial charge in [0.2, 0.25) is 0 Å². The molecule has 6 aliphatic rings. The fourth-order valence-electron chi connectivity index (χ4n) is 11.3. The zero-order valence-electron chi connectivity index (χ0n) is 35.8. The van der Waals surface area contributed by atoms with Gasteiger partial charge in [-0.25, -0.2) is 4.98 Å². The minimum absolute atomic E-state index is 0.0250. The third kappa shape index (κ3) is 8.58. The van der Waals surface area contributed by atoms with Crippen molar-refractivity contribution in [3.05, 3.63) is 27.2 Å². The Bertz CT molecular complexity index is 1590. The van der Waals surface area contributed by atoms with Crippen LogP contribution in [0, 0.1) is 30.6 Å². The number of carbonyl (C=O) groups excluding carboxylic acids is 2. The fourth-order valence-corrected chi connectivity index (χ4v) is 12.5. The van der Waals surface area contributed by atoms with E-state index < -0.39 is 18.3 Å². The van der Waals surface area contributed by atoms with Gasteiger partial charge < -0.3 is 42.8 Å². The van der Waals surface area contributed by atoms with E-state index in [4.69, 9.17) is 42.9 Å². The molecule has 4 unspecified atom stereocenters. The first-order valence-electron chi connectivity index (χ1n) is 21.7. The van der Waals surface area contributed by atoms with Crippen LogP contribution in [0.1, 0.15) is 120 Å². The Balaban J connectivity index is 1.17. The van der Waals surface area contributed by atoms with Gasteiger partial charge in [-0.15, -0.1) is 11.3 Å². The van der Waals surface area contributed by atoms with Crippen LogP contribution in [0.5, 0.6) is 0 Å². The average Bonchev–Trinajstić information content (AvgIpc) is 3.90. The minimum atomic E-state index is -0.628. The number of hydrogen-bond donors (Lipinski definition) is 0. The van der Waals surface area contributed by atoms with Crippen molar-refractivity contribution in [3.63, 3.8) is 0 Å². The van der Waals surface area contributed by atoms with Crippen LogP contribution < -0.4 is 0 Å². The molecule has 320 valence electrons. The number of Topliss-reactive ketones (excluding diaryl/α,β-unsaturated/α-hetero) is 1. The topological polar surface area (TPSA) is 124 Å². The molecular weight excluding hydrogens is 749 g/mol. The summed E-state index contributed by atoms with van der Waals surface area (Å²) in [5.41, 5.74) is 1.77. The summed E-state index contributed by atoms with van der Waals surface area (Å²) >= 11 is 1.75. The normalized spacial score (nSPS) is 42.6. The number of likely N-dealkylation sites (N-methyl/N-ethyl adjacent to an activating group) is 1. The quantitative estimate of drug-likeness (QED) is 0.233. The van der Waals surface area contributed by atoms with E-state index in [1.54, 1.807) is 32.7 Å². The van der Waals surface area contributed by atoms with Crippen LogP contribution >= 0.6 is 11.3 Å². The first-order chi connectivity index (χ1) is 27.4. The van der Waals surface area contributed by atoms with Gasteiger partial charge in [0, 0.05) is 55.9 Å². The molecule has 3 aliphatic carbocycles. The van der Waals surface area contributed by atoms with Gasteiger partial charge in [0.05, 0.1) is 41.5 Å². The molecule has 13 heteroatoms. The molecule has 0 spiro atoms. The lowest BCUT2D eigenvalue weighted by Gasteiger charge is -2.44. The van der Waals surface area contributed by atoms with Gasteiger partial charge in [-0.1, -0.05) is 26.8 Å². The monoisotopic (exact) mass is 816 g/mol. The van der Waals surface area contributed by atoms with E-state index in [2.05, 4.69) is 45.7 Å². The third-order valence-corrected chi connectivity index (χ3v) is 15.5. The number of rotatable bonds is 10. The molecule has 0 bridgehead atoms. The van der Waals surface area contributed by atoms with Crippen molar-refractivity contribution in [2.75, 3.05) is 34.9 Å². The first-order valence-corrected chi connectivity index (χ1v) is 22.6. The maximum atomic E-state index is 15.0. The predicted octanol–water partition coefficient (Wildman–Crippen LogP) is 6.72. The van der Waals surface area contributed by atoms with Crippen molar-refractivity contribution in [2.45, 2.75) is 179 Å². The molecular formula is C44H68N2O10S. The summed E-state index contributed by atoms with van der Waals surface area (Å²) in [6, 6.07) is 0.340. The van der Waals surface area contributed by atoms with Gasteiger partial charge >= 0.3 is 5.97 Å². The molecule has 0 aromatic carbocycles. The highest BCUT2D eigenvalue weighted by atomic mass is 32.1. The van der Waals surface area contributed by atoms with Crippen molar-refractivity contribution < 1.29 is 47.5 Å². The van der Waals surface area contributed by atoms with Gasteiger partial charge in [0.1, 0.15) is 24.4 Å². The van der Waals surface area contributed by atoms with Crippen LogP contribution in [0.3, 0.4) is 0 Å². The average molecular weight is 817 g/mol. The van der Waals surface area contributed by atoms with Gasteiger partial charge in [-0.3, -0.25) is 9.59 Å². The molecule has 17 atom stereocenters. The number of aromatic nitrogens is 1. The van der Waals surface area contributed by atoms with Gasteiger partial charge in [0.15, 0.2) is 18.4 Å². The Morgan fingerprint density at radius 1 is 0.895 bits per heavy atom. The van der Waals surface area contributed by atoms with Crippen LogP contribution in [0.4, 0.5) is 0 Å². The molecule has 1 saturated carbocycles. The second kappa shape index (κ2) is 18.4. The number of allylic oxidation sites excluding steroid dienone is 2. The molecule has 0 amide bonds. The van der Waals surface area contributed by atoms with Crippen molar-refractivity contribution in [3.8, 4) is 0 Å². The summed E-state index contributed by atoms with van der Waals surface area (Å²) in [6.07, 6.45) is 5.78. The number of aryl methyl sites for hydroxylation is 1. The molecule has 12 nitrogen and oxygen atoms in total. The Kier molecular flexibility index (Phi) is 14.0. The van der Waals surface area contributed by atoms with E-state index in [0.717, 1.165) is 67.8 Å². The molecule has 1 aromatic rings. The highest BCUT2D eigenvalue weighted by Gasteiger charge is 2.57. The number of esters is 1. The number of fused-ring (bicyclic) bond motifs is 8. The lowest BCUT2D eigenvalue weighted by molar-refractivity contribution is -0.314. The number of ether oxygens (including phenoxy) is 8. The standard InChI is InChI=1S/C44H68N2O10S/c1-11-26-14-13-15-34(56-36-17-16-33(23(4)52-36)46(7)12-2)22(3)39(48)31-20-29-28-18-27(55-44-42(51-10)41(50-9)40(49-8)24(5)53-44)19-32(28)43-38(45-25(6)57-43)37(29)30(31)21-35(47)54-26/h20,22-24,26-30,32-34,36-37,40-42,44H,11-19,21H2,1-10H3/t22-,23?,24?,26+,27+,28+,29+,30-,32-,33+,34+,36+,37-,40+,41?,42?,44+/m1/s1. The Hall–Kier alpha value is -1.81. The molecule has 7 rings (SSSR count). The van der Waals surface area contributed by atoms with Gasteiger partial charge in [-0.05, 0) is 103 Å². The Labute approximate surface area is 344 Å². The summed E-state index contributed by atoms with van der Waals surface area (Å²) in [6.45, 7) is 13.4. The number of cyclic esters (lactones) is 1. The van der Waals surface area contributed by atoms with E-state index in [0.29, 0.717) is 12.5 Å². The largest absolute Gasteiger partial charge is 0.462 e. The molecule has 1 aromatic heterocycles. The molecule has 4 heterocycles. The third-order valence-electron chi connectivity index (χ3n) is 14.4. The van der Waals surface area contributed by atoms with E-state index in [9.17, 15) is 4.79 Å². The van der Waals surface area contributed by atoms with Crippen molar-refractivity contribution >= 4 is 23.1 Å². The number of ketones is 1. The second-order valence-corrected chi connectivity index (χ2v) is 18.8. The fraction of sp³-hybridized carbons (Fsp3) is 0.841. The predicted molar refractivity (Wildman–Crippen MR) is 215 cm³/mol. The Morgan fingerprint density at radius 2 is 1.65 bits per heavy atom. The number of methoxy groups -OCH3 is 3. The van der Waals surface area contributed by atoms with Crippen LogP contribution in [0.25, 0.3) is 0 Å². The molecule has 3 saturated heterocycles. The van der Waals surface area contributed by atoms with Gasteiger partial charge in [0.25, 0.3) is 0 Å². The summed E-state index contributed by atoms with van der Waals surface area (Å²) in [5, 5.41) is 0.999. The molecule has 0 N–H and O–H groups in total. The summed E-state index contributed by atoms with van der Waals surface area (Å²) < 4.78 is 50.3. The SMILES string of the molecule is CC[C@H]1CCC[C@H](O[C@H]2CC[C@H](N(C)CC)C(C)O2)[C@@H](C)C(=O)C2=C[C@H]3[C@@H]4C[C@H](O[C@@H]5OC(C)[C@H](OC)C(OC)C5OC)C[C@H]4c4sc(C)nc4[C@H]3[C@@H]2CC(=O)O1. The van der Waals surface area contributed by atoms with E-state index in [1.807, 2.05) is 13.8 Å². The van der Waals surface area contributed by atoms with Crippen LogP contribution in [0.2, 0.25) is 0 Å². The molecule has 3 aliphatic heterocycles. The molecule has 4 fully saturated rings. The van der Waals surface area contributed by atoms with Crippen LogP contribution in [0.15, 0.2) is 11.6 Å². The first kappa shape index (κ1) is 43.3. The number of hydrogen-bond acceptors (Lipinski definition) is 13. The smallest absolute Gasteiger partial charge is 0.306 e. The van der Waals surface area contributed by atoms with Crippen LogP contribution in [-0.4, -0.2) is 124 Å². The summed E-state index contributed by atoms with van der Waals surface area (Å²) in [4.78, 5) is 37.6. The van der Waals surface area contributed by atoms with Crippen molar-refractivity contribution in [2.24, 2.45) is 23.7 Å². The maximum Gasteiger partial charge on any atom is 0.306 e. The lowest BCUT2D eigenvalue weighted by atomic mass is 9.67. The zero-order chi connectivity index (χ0) is 40.7. The molecule has 0 radical (unpaired) electrons. The minimum Gasteiger partial charge on any atom is -0.462 e. The van der Waals surface area contributed by atoms with Crippen LogP contribution in [-0.2, 0) is 47.5 Å². The van der Waals surface area contributed by atoms with Crippen molar-refractivity contribution in [1.82, 2.24) is 9.88 Å². The highest BCUT2D eigenvalue weighted by molar-refractivity contribution is 7.11. The van der Waals surface area contributed by atoms with Crippen molar-refractivity contribution in [1.29, 1.82) is 0 Å². The van der Waals surface area contributed by atoms with E-state index in [-0.39, 0.29) is 96.8 Å². The maximum absolute atomic E-state index is 15.0. The van der Waals surface area contributed by atoms with Gasteiger partial charge in [-0.2, -0.15) is 0 Å². The summed E-state index contributed by atoms with van der Waals surface area (Å²) in [7, 11) is 7.13. The molecule has 57 heavy (non-hydrogen) atoms.